The number of rotatable bonds is 3. The van der Waals surface area contributed by atoms with Crippen LogP contribution in [0.4, 0.5) is 0 Å². The molecule has 0 radical (unpaired) electrons. The molecule has 0 spiro atoms. The van der Waals surface area contributed by atoms with Gasteiger partial charge in [0.15, 0.2) is 11.5 Å². The van der Waals surface area contributed by atoms with E-state index in [0.717, 1.165) is 39.8 Å². The fraction of sp³-hybridized carbons (Fsp3) is 0.250. The normalized spacial score (nSPS) is 17.5. The van der Waals surface area contributed by atoms with Crippen LogP contribution in [0.1, 0.15) is 17.2 Å². The summed E-state index contributed by atoms with van der Waals surface area (Å²) in [5, 5.41) is 23.5. The molecule has 2 aromatic carbocycles. The van der Waals surface area contributed by atoms with E-state index in [4.69, 9.17) is 11.6 Å². The van der Waals surface area contributed by atoms with E-state index in [1.807, 2.05) is 24.3 Å². The summed E-state index contributed by atoms with van der Waals surface area (Å²) in [4.78, 5) is 1.16. The number of hydrogen-bond acceptors (Lipinski definition) is 4. The molecule has 1 unspecified atom stereocenters. The fourth-order valence-electron chi connectivity index (χ4n) is 2.53. The fourth-order valence-corrected chi connectivity index (χ4v) is 3.64. The Hall–Kier alpha value is -1.36. The molecule has 21 heavy (non-hydrogen) atoms. The highest BCUT2D eigenvalue weighted by molar-refractivity contribution is 7.99. The lowest BCUT2D eigenvalue weighted by Gasteiger charge is -2.27. The van der Waals surface area contributed by atoms with Gasteiger partial charge in [-0.3, -0.25) is 0 Å². The summed E-state index contributed by atoms with van der Waals surface area (Å²) in [6.07, 6.45) is 0.866. The van der Waals surface area contributed by atoms with Gasteiger partial charge in [-0.15, -0.1) is 11.8 Å². The summed E-state index contributed by atoms with van der Waals surface area (Å²) >= 11 is 7.63. The number of benzene rings is 2. The summed E-state index contributed by atoms with van der Waals surface area (Å²) in [5.74, 6) is 0.762. The van der Waals surface area contributed by atoms with Crippen LogP contribution in [0.5, 0.6) is 11.5 Å². The zero-order chi connectivity index (χ0) is 14.8. The molecule has 0 fully saturated rings. The maximum Gasteiger partial charge on any atom is 0.157 e. The predicted octanol–water partition coefficient (Wildman–Crippen LogP) is 3.73. The molecule has 3 N–H and O–H groups in total. The molecule has 1 heterocycles. The zero-order valence-electron chi connectivity index (χ0n) is 11.3. The first-order chi connectivity index (χ1) is 10.1. The van der Waals surface area contributed by atoms with Crippen molar-refractivity contribution in [3.63, 3.8) is 0 Å². The van der Waals surface area contributed by atoms with Gasteiger partial charge in [0.05, 0.1) is 0 Å². The molecule has 0 bridgehead atoms. The highest BCUT2D eigenvalue weighted by Gasteiger charge is 2.21. The number of aromatic hydroxyl groups is 2. The van der Waals surface area contributed by atoms with Crippen LogP contribution >= 0.6 is 23.4 Å². The van der Waals surface area contributed by atoms with Gasteiger partial charge >= 0.3 is 0 Å². The first-order valence-corrected chi connectivity index (χ1v) is 8.16. The third kappa shape index (κ3) is 3.28. The molecule has 0 saturated carbocycles. The number of phenolic OH excluding ortho intramolecular Hbond substituents is 2. The minimum atomic E-state index is -0.0565. The van der Waals surface area contributed by atoms with E-state index in [1.54, 1.807) is 23.9 Å². The van der Waals surface area contributed by atoms with Crippen molar-refractivity contribution in [3.8, 4) is 11.5 Å². The van der Waals surface area contributed by atoms with Crippen LogP contribution in [0.25, 0.3) is 0 Å². The van der Waals surface area contributed by atoms with Crippen molar-refractivity contribution in [1.29, 1.82) is 0 Å². The largest absolute Gasteiger partial charge is 0.504 e. The Balaban J connectivity index is 1.76. The van der Waals surface area contributed by atoms with Crippen molar-refractivity contribution in [2.45, 2.75) is 17.4 Å². The Morgan fingerprint density at radius 3 is 2.62 bits per heavy atom. The van der Waals surface area contributed by atoms with Crippen molar-refractivity contribution in [1.82, 2.24) is 5.32 Å². The topological polar surface area (TPSA) is 52.5 Å². The second kappa shape index (κ2) is 6.18. The van der Waals surface area contributed by atoms with Crippen molar-refractivity contribution in [2.24, 2.45) is 0 Å². The summed E-state index contributed by atoms with van der Waals surface area (Å²) < 4.78 is 0. The number of phenols is 2. The molecule has 3 rings (SSSR count). The Labute approximate surface area is 133 Å². The molecule has 0 amide bonds. The highest BCUT2D eigenvalue weighted by atomic mass is 35.5. The molecular formula is C16H16ClNO2S. The monoisotopic (exact) mass is 321 g/mol. The van der Waals surface area contributed by atoms with E-state index >= 15 is 0 Å². The van der Waals surface area contributed by atoms with Crippen LogP contribution in [0.2, 0.25) is 5.02 Å². The van der Waals surface area contributed by atoms with E-state index < -0.39 is 0 Å². The van der Waals surface area contributed by atoms with Crippen LogP contribution in [-0.4, -0.2) is 22.5 Å². The maximum absolute atomic E-state index is 9.71. The number of nitrogens with one attached hydrogen (secondary N) is 1. The van der Waals surface area contributed by atoms with E-state index in [-0.39, 0.29) is 17.5 Å². The van der Waals surface area contributed by atoms with Crippen LogP contribution < -0.4 is 5.32 Å². The van der Waals surface area contributed by atoms with Gasteiger partial charge in [0.2, 0.25) is 0 Å². The van der Waals surface area contributed by atoms with Gasteiger partial charge in [-0.25, -0.2) is 0 Å². The molecule has 1 aliphatic heterocycles. The minimum Gasteiger partial charge on any atom is -0.504 e. The average molecular weight is 322 g/mol. The van der Waals surface area contributed by atoms with Gasteiger partial charge in [-0.2, -0.15) is 0 Å². The van der Waals surface area contributed by atoms with Crippen LogP contribution in [-0.2, 0) is 6.42 Å². The molecule has 110 valence electrons. The van der Waals surface area contributed by atoms with Gasteiger partial charge in [0.25, 0.3) is 0 Å². The maximum atomic E-state index is 9.71. The molecule has 0 aliphatic carbocycles. The molecule has 0 aromatic heterocycles. The Morgan fingerprint density at radius 1 is 1.14 bits per heavy atom. The molecular weight excluding hydrogens is 306 g/mol. The van der Waals surface area contributed by atoms with E-state index in [1.165, 1.54) is 0 Å². The molecule has 0 saturated heterocycles. The van der Waals surface area contributed by atoms with Crippen molar-refractivity contribution in [3.05, 3.63) is 52.5 Å². The number of halogens is 1. The van der Waals surface area contributed by atoms with Crippen LogP contribution in [0.3, 0.4) is 0 Å². The first-order valence-electron chi connectivity index (χ1n) is 6.80. The van der Waals surface area contributed by atoms with Gasteiger partial charge < -0.3 is 15.5 Å². The second-order valence-corrected chi connectivity index (χ2v) is 6.59. The van der Waals surface area contributed by atoms with Crippen LogP contribution in [0, 0.1) is 0 Å². The highest BCUT2D eigenvalue weighted by Crippen LogP contribution is 2.35. The smallest absolute Gasteiger partial charge is 0.157 e. The van der Waals surface area contributed by atoms with Gasteiger partial charge in [0, 0.05) is 21.7 Å². The van der Waals surface area contributed by atoms with Crippen molar-refractivity contribution >= 4 is 23.4 Å². The second-order valence-electron chi connectivity index (χ2n) is 5.06. The van der Waals surface area contributed by atoms with Crippen molar-refractivity contribution in [2.75, 3.05) is 12.3 Å². The summed E-state index contributed by atoms with van der Waals surface area (Å²) in [7, 11) is 0. The lowest BCUT2D eigenvalue weighted by atomic mass is 9.94. The minimum absolute atomic E-state index is 0.0419. The molecule has 1 atom stereocenters. The lowest BCUT2D eigenvalue weighted by Crippen LogP contribution is -2.31. The van der Waals surface area contributed by atoms with Crippen LogP contribution in [0.15, 0.2) is 41.3 Å². The third-order valence-electron chi connectivity index (χ3n) is 3.63. The number of fused-ring (bicyclic) bond motifs is 1. The van der Waals surface area contributed by atoms with Gasteiger partial charge in [0.1, 0.15) is 0 Å². The number of hydrogen-bond donors (Lipinski definition) is 3. The summed E-state index contributed by atoms with van der Waals surface area (Å²) in [6, 6.07) is 11.3. The standard InChI is InChI=1S/C16H16ClNO2S/c17-11-1-3-12(4-2-11)21-9-14-13-8-16(20)15(19)7-10(13)5-6-18-14/h1-4,7-8,14,18-20H,5-6,9H2. The summed E-state index contributed by atoms with van der Waals surface area (Å²) in [5.41, 5.74) is 2.17. The number of thioether (sulfide) groups is 1. The zero-order valence-corrected chi connectivity index (χ0v) is 12.9. The average Bonchev–Trinajstić information content (AvgIpc) is 2.48. The third-order valence-corrected chi connectivity index (χ3v) is 4.98. The van der Waals surface area contributed by atoms with E-state index in [0.29, 0.717) is 0 Å². The Morgan fingerprint density at radius 2 is 1.86 bits per heavy atom. The quantitative estimate of drug-likeness (QED) is 0.595. The molecule has 3 nitrogen and oxygen atoms in total. The predicted molar refractivity (Wildman–Crippen MR) is 86.4 cm³/mol. The van der Waals surface area contributed by atoms with Gasteiger partial charge in [-0.1, -0.05) is 11.6 Å². The van der Waals surface area contributed by atoms with E-state index in [9.17, 15) is 10.2 Å². The van der Waals surface area contributed by atoms with E-state index in [2.05, 4.69) is 5.32 Å². The Kier molecular flexibility index (Phi) is 4.29. The SMILES string of the molecule is Oc1cc2c(cc1O)C(CSc1ccc(Cl)cc1)NCC2. The lowest BCUT2D eigenvalue weighted by molar-refractivity contribution is 0.400. The molecule has 5 heteroatoms. The molecule has 1 aliphatic rings. The summed E-state index contributed by atoms with van der Waals surface area (Å²) in [6.45, 7) is 0.878. The Bertz CT molecular complexity index is 645. The van der Waals surface area contributed by atoms with Crippen molar-refractivity contribution < 1.29 is 10.2 Å². The first kappa shape index (κ1) is 14.6. The molecule has 2 aromatic rings. The van der Waals surface area contributed by atoms with Gasteiger partial charge in [-0.05, 0) is 60.5 Å².